The maximum Gasteiger partial charge on any atom is 0.270 e. The van der Waals surface area contributed by atoms with Crippen LogP contribution in [0.15, 0.2) is 33.5 Å². The summed E-state index contributed by atoms with van der Waals surface area (Å²) in [5.74, 6) is -0.291. The fourth-order valence-corrected chi connectivity index (χ4v) is 5.02. The molecular weight excluding hydrogens is 412 g/mol. The maximum absolute atomic E-state index is 12.6. The fraction of sp³-hybridized carbons (Fsp3) is 0.400. The number of carbonyl (C=O) groups excluding carboxylic acids is 1. The van der Waals surface area contributed by atoms with Crippen molar-refractivity contribution in [1.82, 2.24) is 14.9 Å². The summed E-state index contributed by atoms with van der Waals surface area (Å²) in [6.07, 6.45) is 1.78. The highest BCUT2D eigenvalue weighted by Gasteiger charge is 2.25. The van der Waals surface area contributed by atoms with Gasteiger partial charge < -0.3 is 5.32 Å². The number of hydrogen-bond donors (Lipinski definition) is 2. The van der Waals surface area contributed by atoms with Gasteiger partial charge in [-0.1, -0.05) is 37.3 Å². The largest absolute Gasteiger partial charge is 0.301 e. The Hall–Kier alpha value is -1.89. The summed E-state index contributed by atoms with van der Waals surface area (Å²) in [5, 5.41) is 9.86. The second-order valence-corrected chi connectivity index (χ2v) is 10.6. The van der Waals surface area contributed by atoms with Gasteiger partial charge in [0.2, 0.25) is 15.4 Å². The molecule has 0 saturated heterocycles. The molecule has 1 atom stereocenters. The molecular formula is C15H20N4O5S3. The number of carbonyl (C=O) groups is 1. The molecule has 0 spiro atoms. The van der Waals surface area contributed by atoms with Crippen molar-refractivity contribution in [3.63, 3.8) is 0 Å². The minimum atomic E-state index is -3.95. The van der Waals surface area contributed by atoms with Gasteiger partial charge in [-0.05, 0) is 24.1 Å². The molecule has 12 heteroatoms. The quantitative estimate of drug-likeness (QED) is 0.606. The summed E-state index contributed by atoms with van der Waals surface area (Å²) in [7, 11) is -7.28. The number of anilines is 1. The van der Waals surface area contributed by atoms with Crippen molar-refractivity contribution in [3.8, 4) is 0 Å². The number of nitrogens with zero attached hydrogens (tertiary/aromatic N) is 2. The number of sulfonamides is 1. The molecule has 0 aliphatic heterocycles. The van der Waals surface area contributed by atoms with Crippen LogP contribution in [0.3, 0.4) is 0 Å². The van der Waals surface area contributed by atoms with Crippen LogP contribution < -0.4 is 10.0 Å². The summed E-state index contributed by atoms with van der Waals surface area (Å²) in [4.78, 5) is 11.5. The van der Waals surface area contributed by atoms with E-state index in [1.165, 1.54) is 12.1 Å². The monoisotopic (exact) mass is 432 g/mol. The Bertz CT molecular complexity index is 1010. The van der Waals surface area contributed by atoms with Crippen LogP contribution >= 0.6 is 11.3 Å². The summed E-state index contributed by atoms with van der Waals surface area (Å²) in [6, 6.07) is 5.44. The lowest BCUT2D eigenvalue weighted by atomic mass is 10.1. The number of sulfone groups is 1. The summed E-state index contributed by atoms with van der Waals surface area (Å²) in [6.45, 7) is 3.46. The minimum Gasteiger partial charge on any atom is -0.301 e. The highest BCUT2D eigenvalue weighted by molar-refractivity contribution is 7.91. The SMILES string of the molecule is CCC(=O)Nc1nnc(S(=O)(=O)N[C@@H](CC)c2ccc(S(C)(=O)=O)cc2)s1. The third-order valence-corrected chi connectivity index (χ3v) is 7.43. The molecule has 1 aromatic heterocycles. The molecule has 0 unspecified atom stereocenters. The van der Waals surface area contributed by atoms with Gasteiger partial charge in [-0.3, -0.25) is 4.79 Å². The van der Waals surface area contributed by atoms with Gasteiger partial charge in [0, 0.05) is 18.7 Å². The average Bonchev–Trinajstić information content (AvgIpc) is 3.08. The van der Waals surface area contributed by atoms with Crippen LogP contribution in [0.1, 0.15) is 38.3 Å². The van der Waals surface area contributed by atoms with Crippen molar-refractivity contribution >= 4 is 42.2 Å². The van der Waals surface area contributed by atoms with E-state index < -0.39 is 25.9 Å². The molecule has 148 valence electrons. The zero-order valence-electron chi connectivity index (χ0n) is 15.0. The lowest BCUT2D eigenvalue weighted by Crippen LogP contribution is -2.28. The van der Waals surface area contributed by atoms with Gasteiger partial charge in [-0.15, -0.1) is 10.2 Å². The zero-order chi connectivity index (χ0) is 20.2. The lowest BCUT2D eigenvalue weighted by molar-refractivity contribution is -0.115. The van der Waals surface area contributed by atoms with Gasteiger partial charge in [0.15, 0.2) is 9.84 Å². The van der Waals surface area contributed by atoms with Crippen molar-refractivity contribution in [2.75, 3.05) is 11.6 Å². The third-order valence-electron chi connectivity index (χ3n) is 3.62. The van der Waals surface area contributed by atoms with Crippen LogP contribution in [0.2, 0.25) is 0 Å². The van der Waals surface area contributed by atoms with Crippen molar-refractivity contribution < 1.29 is 21.6 Å². The third kappa shape index (κ3) is 5.54. The van der Waals surface area contributed by atoms with E-state index in [9.17, 15) is 21.6 Å². The molecule has 2 rings (SSSR count). The minimum absolute atomic E-state index is 0.104. The molecule has 0 radical (unpaired) electrons. The van der Waals surface area contributed by atoms with Crippen LogP contribution in [-0.4, -0.2) is 39.2 Å². The van der Waals surface area contributed by atoms with E-state index in [0.29, 0.717) is 12.0 Å². The van der Waals surface area contributed by atoms with Crippen molar-refractivity contribution in [1.29, 1.82) is 0 Å². The van der Waals surface area contributed by atoms with E-state index >= 15 is 0 Å². The summed E-state index contributed by atoms with van der Waals surface area (Å²) < 4.78 is 50.5. The summed E-state index contributed by atoms with van der Waals surface area (Å²) >= 11 is 0.753. The van der Waals surface area contributed by atoms with Crippen LogP contribution in [0, 0.1) is 0 Å². The Morgan fingerprint density at radius 2 is 1.74 bits per heavy atom. The van der Waals surface area contributed by atoms with Gasteiger partial charge in [0.05, 0.1) is 4.90 Å². The number of amides is 1. The van der Waals surface area contributed by atoms with E-state index in [4.69, 9.17) is 0 Å². The fourth-order valence-electron chi connectivity index (χ4n) is 2.15. The molecule has 0 aliphatic carbocycles. The molecule has 1 aromatic carbocycles. The molecule has 0 fully saturated rings. The highest BCUT2D eigenvalue weighted by Crippen LogP contribution is 2.25. The molecule has 0 bridgehead atoms. The second kappa shape index (κ2) is 8.42. The lowest BCUT2D eigenvalue weighted by Gasteiger charge is -2.16. The number of rotatable bonds is 8. The summed E-state index contributed by atoms with van der Waals surface area (Å²) in [5.41, 5.74) is 0.623. The Balaban J connectivity index is 2.20. The normalized spacial score (nSPS) is 13.3. The Labute approximate surface area is 162 Å². The van der Waals surface area contributed by atoms with Crippen LogP contribution in [-0.2, 0) is 24.7 Å². The van der Waals surface area contributed by atoms with Crippen LogP contribution in [0.5, 0.6) is 0 Å². The number of aromatic nitrogens is 2. The van der Waals surface area contributed by atoms with Crippen LogP contribution in [0.25, 0.3) is 0 Å². The van der Waals surface area contributed by atoms with Crippen LogP contribution in [0.4, 0.5) is 5.13 Å². The molecule has 27 heavy (non-hydrogen) atoms. The first kappa shape index (κ1) is 21.4. The molecule has 1 heterocycles. The molecule has 2 aromatic rings. The van der Waals surface area contributed by atoms with Crippen molar-refractivity contribution in [3.05, 3.63) is 29.8 Å². The smallest absolute Gasteiger partial charge is 0.270 e. The van der Waals surface area contributed by atoms with E-state index in [1.54, 1.807) is 26.0 Å². The predicted molar refractivity (Wildman–Crippen MR) is 102 cm³/mol. The predicted octanol–water partition coefficient (Wildman–Crippen LogP) is 1.72. The molecule has 2 N–H and O–H groups in total. The first-order chi connectivity index (χ1) is 12.6. The van der Waals surface area contributed by atoms with Gasteiger partial charge in [-0.25, -0.2) is 21.6 Å². The van der Waals surface area contributed by atoms with E-state index in [-0.39, 0.29) is 26.7 Å². The zero-order valence-corrected chi connectivity index (χ0v) is 17.4. The Kier molecular flexibility index (Phi) is 6.68. The molecule has 9 nitrogen and oxygen atoms in total. The Morgan fingerprint density at radius 3 is 2.26 bits per heavy atom. The van der Waals surface area contributed by atoms with Gasteiger partial charge in [-0.2, -0.15) is 0 Å². The van der Waals surface area contributed by atoms with Gasteiger partial charge in [0.1, 0.15) is 0 Å². The molecule has 0 saturated carbocycles. The van der Waals surface area contributed by atoms with Gasteiger partial charge >= 0.3 is 0 Å². The average molecular weight is 433 g/mol. The first-order valence-electron chi connectivity index (χ1n) is 8.02. The number of hydrogen-bond acceptors (Lipinski definition) is 8. The maximum atomic E-state index is 12.6. The highest BCUT2D eigenvalue weighted by atomic mass is 32.2. The second-order valence-electron chi connectivity index (χ2n) is 5.70. The van der Waals surface area contributed by atoms with Crippen molar-refractivity contribution in [2.24, 2.45) is 0 Å². The number of benzene rings is 1. The topological polar surface area (TPSA) is 135 Å². The standard InChI is InChI=1S/C15H20N4O5S3/c1-4-12(10-6-8-11(9-7-10)26(3,21)22)19-27(23,24)15-18-17-14(25-15)16-13(20)5-2/h6-9,12,19H,4-5H2,1-3H3,(H,16,17,20)/t12-/m0/s1. The molecule has 1 amide bonds. The van der Waals surface area contributed by atoms with Gasteiger partial charge in [0.25, 0.3) is 10.0 Å². The van der Waals surface area contributed by atoms with E-state index in [2.05, 4.69) is 20.2 Å². The number of nitrogens with one attached hydrogen (secondary N) is 2. The molecule has 0 aliphatic rings. The van der Waals surface area contributed by atoms with Crippen molar-refractivity contribution in [2.45, 2.75) is 42.0 Å². The first-order valence-corrected chi connectivity index (χ1v) is 12.2. The Morgan fingerprint density at radius 1 is 1.11 bits per heavy atom. The van der Waals surface area contributed by atoms with E-state index in [0.717, 1.165) is 17.6 Å². The van der Waals surface area contributed by atoms with E-state index in [1.807, 2.05) is 0 Å².